The lowest BCUT2D eigenvalue weighted by Gasteiger charge is -1.49. The van der Waals surface area contributed by atoms with Crippen molar-refractivity contribution in [3.63, 3.8) is 0 Å². The van der Waals surface area contributed by atoms with Gasteiger partial charge in [0.2, 0.25) is 0 Å². The molecule has 4 N–H and O–H groups in total. The topological polar surface area (TPSA) is 67.9 Å². The molecule has 0 spiro atoms. The molecule has 3 nitrogen and oxygen atoms in total. The van der Waals surface area contributed by atoms with Crippen molar-refractivity contribution in [2.45, 2.75) is 0 Å². The first-order valence-electron chi connectivity index (χ1n) is 1.52. The summed E-state index contributed by atoms with van der Waals surface area (Å²) in [5.74, 6) is 0. The smallest absolute Gasteiger partial charge is 0.257 e. The van der Waals surface area contributed by atoms with E-state index in [1.165, 1.54) is 17.6 Å². The number of aromatic nitrogens is 1. The van der Waals surface area contributed by atoms with Crippen molar-refractivity contribution in [2.24, 2.45) is 0 Å². The molecule has 4 heteroatoms. The molecular formula is C3H6N2OS. The molecule has 0 fully saturated rings. The van der Waals surface area contributed by atoms with E-state index in [9.17, 15) is 4.79 Å². The molecule has 0 unspecified atom stereocenters. The highest BCUT2D eigenvalue weighted by Gasteiger charge is 1.72. The largest absolute Gasteiger partial charge is 0.344 e. The molecule has 1 heterocycles. The summed E-state index contributed by atoms with van der Waals surface area (Å²) >= 11 is 1.30. The van der Waals surface area contributed by atoms with Crippen LogP contribution in [0.2, 0.25) is 0 Å². The first-order valence-corrected chi connectivity index (χ1v) is 2.40. The number of aromatic amines is 1. The summed E-state index contributed by atoms with van der Waals surface area (Å²) < 4.78 is 2.49. The Kier molecular flexibility index (Phi) is 2.32. The van der Waals surface area contributed by atoms with Crippen LogP contribution in [0.15, 0.2) is 16.2 Å². The van der Waals surface area contributed by atoms with Crippen LogP contribution in [-0.2, 0) is 0 Å². The monoisotopic (exact) mass is 118 g/mol. The van der Waals surface area contributed by atoms with Gasteiger partial charge in [-0.15, -0.1) is 0 Å². The standard InChI is InChI=1S/C3H3NOS.H3N/c5-3-1-2-6-4-3;/h1-2H,(H,4,5);1H3. The molecule has 0 aliphatic heterocycles. The Balaban J connectivity index is 0.000000360. The summed E-state index contributed by atoms with van der Waals surface area (Å²) in [6.45, 7) is 0. The fourth-order valence-corrected chi connectivity index (χ4v) is 0.666. The van der Waals surface area contributed by atoms with Crippen LogP contribution in [0.4, 0.5) is 0 Å². The Morgan fingerprint density at radius 3 is 2.57 bits per heavy atom. The van der Waals surface area contributed by atoms with Gasteiger partial charge in [0.25, 0.3) is 5.56 Å². The number of rotatable bonds is 0. The summed E-state index contributed by atoms with van der Waals surface area (Å²) in [4.78, 5) is 10.0. The molecule has 0 radical (unpaired) electrons. The fourth-order valence-electron chi connectivity index (χ4n) is 0.222. The van der Waals surface area contributed by atoms with E-state index in [0.29, 0.717) is 0 Å². The third kappa shape index (κ3) is 1.52. The maximum atomic E-state index is 10.0. The summed E-state index contributed by atoms with van der Waals surface area (Å²) in [6, 6.07) is 1.49. The van der Waals surface area contributed by atoms with E-state index in [2.05, 4.69) is 4.37 Å². The molecule has 7 heavy (non-hydrogen) atoms. The normalized spacial score (nSPS) is 7.43. The lowest BCUT2D eigenvalue weighted by Crippen LogP contribution is -1.90. The zero-order chi connectivity index (χ0) is 4.41. The van der Waals surface area contributed by atoms with E-state index in [-0.39, 0.29) is 11.7 Å². The van der Waals surface area contributed by atoms with Crippen LogP contribution in [0.1, 0.15) is 0 Å². The quantitative estimate of drug-likeness (QED) is 0.523. The molecular weight excluding hydrogens is 112 g/mol. The lowest BCUT2D eigenvalue weighted by atomic mass is 10.8. The Bertz CT molecular complexity index is 151. The van der Waals surface area contributed by atoms with Gasteiger partial charge >= 0.3 is 0 Å². The maximum absolute atomic E-state index is 10.0. The molecule has 1 aromatic heterocycles. The van der Waals surface area contributed by atoms with Crippen LogP contribution in [-0.4, -0.2) is 4.37 Å². The van der Waals surface area contributed by atoms with Gasteiger partial charge in [-0.1, -0.05) is 11.5 Å². The molecule has 0 bridgehead atoms. The average Bonchev–Trinajstić information content (AvgIpc) is 1.86. The second-order valence-corrected chi connectivity index (χ2v) is 1.60. The lowest BCUT2D eigenvalue weighted by molar-refractivity contribution is 1.43. The third-order valence-corrected chi connectivity index (χ3v) is 1.04. The van der Waals surface area contributed by atoms with Crippen molar-refractivity contribution in [1.82, 2.24) is 10.5 Å². The molecule has 0 amide bonds. The van der Waals surface area contributed by atoms with E-state index < -0.39 is 0 Å². The number of hydrogen-bond acceptors (Lipinski definition) is 3. The second kappa shape index (κ2) is 2.54. The highest BCUT2D eigenvalue weighted by Crippen LogP contribution is 1.77. The van der Waals surface area contributed by atoms with Crippen LogP contribution >= 0.6 is 11.5 Å². The van der Waals surface area contributed by atoms with Crippen LogP contribution in [0.5, 0.6) is 0 Å². The number of nitrogens with one attached hydrogen (secondary N) is 1. The van der Waals surface area contributed by atoms with Gasteiger partial charge in [-0.05, 0) is 0 Å². The summed E-state index contributed by atoms with van der Waals surface area (Å²) in [5.41, 5.74) is -0.0139. The van der Waals surface area contributed by atoms with E-state index in [4.69, 9.17) is 0 Å². The Morgan fingerprint density at radius 1 is 1.71 bits per heavy atom. The average molecular weight is 118 g/mol. The molecule has 1 aromatic rings. The Hall–Kier alpha value is -0.610. The molecule has 0 aliphatic rings. The zero-order valence-corrected chi connectivity index (χ0v) is 4.49. The predicted molar refractivity (Wildman–Crippen MR) is 30.0 cm³/mol. The first-order chi connectivity index (χ1) is 2.89. The van der Waals surface area contributed by atoms with Crippen molar-refractivity contribution < 1.29 is 0 Å². The van der Waals surface area contributed by atoms with Gasteiger partial charge < -0.3 is 6.15 Å². The number of H-pyrrole nitrogens is 1. The second-order valence-electron chi connectivity index (χ2n) is 0.887. The molecule has 0 saturated carbocycles. The van der Waals surface area contributed by atoms with E-state index >= 15 is 0 Å². The van der Waals surface area contributed by atoms with Crippen molar-refractivity contribution >= 4 is 11.5 Å². The van der Waals surface area contributed by atoms with Gasteiger partial charge in [0.15, 0.2) is 0 Å². The van der Waals surface area contributed by atoms with Gasteiger partial charge in [-0.25, -0.2) is 0 Å². The van der Waals surface area contributed by atoms with Crippen molar-refractivity contribution in [2.75, 3.05) is 0 Å². The van der Waals surface area contributed by atoms with Crippen LogP contribution in [0.3, 0.4) is 0 Å². The van der Waals surface area contributed by atoms with Crippen LogP contribution < -0.4 is 11.7 Å². The SMILES string of the molecule is N.O=c1ccs[nH]1. The van der Waals surface area contributed by atoms with Gasteiger partial charge in [0.1, 0.15) is 0 Å². The Labute approximate surface area is 44.7 Å². The van der Waals surface area contributed by atoms with Gasteiger partial charge in [-0.3, -0.25) is 9.17 Å². The first kappa shape index (κ1) is 6.39. The summed E-state index contributed by atoms with van der Waals surface area (Å²) in [6.07, 6.45) is 0. The molecule has 0 atom stereocenters. The van der Waals surface area contributed by atoms with E-state index in [1.54, 1.807) is 5.38 Å². The molecule has 1 rings (SSSR count). The molecule has 0 aliphatic carbocycles. The fraction of sp³-hybridized carbons (Fsp3) is 0. The minimum atomic E-state index is -0.0139. The molecule has 40 valence electrons. The van der Waals surface area contributed by atoms with Gasteiger partial charge in [0.05, 0.1) is 0 Å². The van der Waals surface area contributed by atoms with Crippen molar-refractivity contribution in [1.29, 1.82) is 0 Å². The zero-order valence-electron chi connectivity index (χ0n) is 3.68. The minimum Gasteiger partial charge on any atom is -0.344 e. The predicted octanol–water partition coefficient (Wildman–Crippen LogP) is 0.598. The third-order valence-electron chi connectivity index (χ3n) is 0.447. The van der Waals surface area contributed by atoms with Crippen molar-refractivity contribution in [3.8, 4) is 0 Å². The summed E-state index contributed by atoms with van der Waals surface area (Å²) in [5, 5.41) is 1.71. The minimum absolute atomic E-state index is 0. The van der Waals surface area contributed by atoms with Gasteiger partial charge in [0, 0.05) is 11.4 Å². The molecule has 0 aromatic carbocycles. The molecule has 0 saturated heterocycles. The Morgan fingerprint density at radius 2 is 2.43 bits per heavy atom. The highest BCUT2D eigenvalue weighted by molar-refractivity contribution is 7.03. The number of hydrogen-bond donors (Lipinski definition) is 2. The summed E-state index contributed by atoms with van der Waals surface area (Å²) in [7, 11) is 0. The maximum Gasteiger partial charge on any atom is 0.257 e. The van der Waals surface area contributed by atoms with Gasteiger partial charge in [-0.2, -0.15) is 0 Å². The van der Waals surface area contributed by atoms with Crippen LogP contribution in [0.25, 0.3) is 0 Å². The highest BCUT2D eigenvalue weighted by atomic mass is 32.1. The van der Waals surface area contributed by atoms with E-state index in [1.807, 2.05) is 0 Å². The van der Waals surface area contributed by atoms with E-state index in [0.717, 1.165) is 0 Å². The van der Waals surface area contributed by atoms with Crippen LogP contribution in [0, 0.1) is 0 Å². The van der Waals surface area contributed by atoms with Crippen molar-refractivity contribution in [3.05, 3.63) is 21.8 Å².